The molecular weight excluding hydrogens is 331 g/mol. The molecule has 2 N–H and O–H groups in total. The molecule has 1 heterocycles. The number of nitrogens with one attached hydrogen (secondary N) is 2. The third-order valence-corrected chi connectivity index (χ3v) is 3.25. The second-order valence-electron chi connectivity index (χ2n) is 4.76. The third kappa shape index (κ3) is 4.95. The fraction of sp³-hybridized carbons (Fsp3) is 0.357. The molecular formula is C14H15ClF3N5. The van der Waals surface area contributed by atoms with E-state index in [1.807, 2.05) is 0 Å². The smallest absolute Gasteiger partial charge is 0.353 e. The molecule has 0 aliphatic heterocycles. The van der Waals surface area contributed by atoms with E-state index in [1.54, 1.807) is 0 Å². The molecule has 0 bridgehead atoms. The molecule has 0 aliphatic carbocycles. The highest BCUT2D eigenvalue weighted by Gasteiger charge is 2.33. The van der Waals surface area contributed by atoms with E-state index in [-0.39, 0.29) is 16.5 Å². The first-order valence-electron chi connectivity index (χ1n) is 6.97. The van der Waals surface area contributed by atoms with Gasteiger partial charge in [-0.05, 0) is 24.6 Å². The lowest BCUT2D eigenvalue weighted by Crippen LogP contribution is -2.08. The Hall–Kier alpha value is -2.09. The molecule has 0 unspecified atom stereocenters. The molecule has 0 atom stereocenters. The molecule has 23 heavy (non-hydrogen) atoms. The Kier molecular flexibility index (Phi) is 5.59. The maximum absolute atomic E-state index is 12.8. The quantitative estimate of drug-likeness (QED) is 0.755. The molecule has 1 aromatic carbocycles. The van der Waals surface area contributed by atoms with Crippen LogP contribution < -0.4 is 10.6 Å². The Morgan fingerprint density at radius 3 is 2.74 bits per heavy atom. The first-order chi connectivity index (χ1) is 10.9. The van der Waals surface area contributed by atoms with Crippen molar-refractivity contribution in [3.05, 3.63) is 35.0 Å². The average molecular weight is 346 g/mol. The van der Waals surface area contributed by atoms with Crippen LogP contribution in [0.3, 0.4) is 0 Å². The summed E-state index contributed by atoms with van der Waals surface area (Å²) in [6.45, 7) is 2.75. The van der Waals surface area contributed by atoms with Crippen LogP contribution in [0.1, 0.15) is 25.3 Å². The number of halogens is 4. The molecule has 9 heteroatoms. The standard InChI is InChI=1S/C14H15ClF3N5/c1-2-3-6-19-13-22-12(8-20-23-13)21-9-4-5-11(15)10(7-9)14(16,17)18/h4-5,7-8H,2-3,6H2,1H3,(H2,19,21,22,23). The molecule has 5 nitrogen and oxygen atoms in total. The van der Waals surface area contributed by atoms with Gasteiger partial charge in [-0.25, -0.2) is 0 Å². The van der Waals surface area contributed by atoms with Gasteiger partial charge in [0.05, 0.1) is 16.8 Å². The molecule has 0 radical (unpaired) electrons. The largest absolute Gasteiger partial charge is 0.417 e. The monoisotopic (exact) mass is 345 g/mol. The second-order valence-corrected chi connectivity index (χ2v) is 5.17. The minimum Gasteiger partial charge on any atom is -0.353 e. The predicted molar refractivity (Wildman–Crippen MR) is 83.0 cm³/mol. The predicted octanol–water partition coefficient (Wildman–Crippen LogP) is 4.50. The molecule has 2 aromatic rings. The molecule has 0 saturated carbocycles. The van der Waals surface area contributed by atoms with E-state index >= 15 is 0 Å². The average Bonchev–Trinajstić information content (AvgIpc) is 2.49. The maximum Gasteiger partial charge on any atom is 0.417 e. The summed E-state index contributed by atoms with van der Waals surface area (Å²) in [6, 6.07) is 3.54. The molecule has 0 amide bonds. The lowest BCUT2D eigenvalue weighted by molar-refractivity contribution is -0.137. The van der Waals surface area contributed by atoms with Gasteiger partial charge >= 0.3 is 6.18 Å². The van der Waals surface area contributed by atoms with Gasteiger partial charge in [0.1, 0.15) is 0 Å². The van der Waals surface area contributed by atoms with E-state index in [4.69, 9.17) is 11.6 Å². The van der Waals surface area contributed by atoms with Crippen molar-refractivity contribution in [1.29, 1.82) is 0 Å². The van der Waals surface area contributed by atoms with Gasteiger partial charge in [-0.3, -0.25) is 0 Å². The van der Waals surface area contributed by atoms with E-state index in [2.05, 4.69) is 32.7 Å². The molecule has 0 saturated heterocycles. The van der Waals surface area contributed by atoms with Crippen LogP contribution in [-0.2, 0) is 6.18 Å². The SMILES string of the molecule is CCCCNc1nncc(Nc2ccc(Cl)c(C(F)(F)F)c2)n1. The number of alkyl halides is 3. The molecule has 1 aromatic heterocycles. The van der Waals surface area contributed by atoms with Crippen LogP contribution >= 0.6 is 11.6 Å². The molecule has 0 spiro atoms. The van der Waals surface area contributed by atoms with Gasteiger partial charge < -0.3 is 10.6 Å². The van der Waals surface area contributed by atoms with Crippen molar-refractivity contribution in [2.45, 2.75) is 25.9 Å². The van der Waals surface area contributed by atoms with Crippen LogP contribution in [-0.4, -0.2) is 21.7 Å². The maximum atomic E-state index is 12.8. The number of anilines is 3. The van der Waals surface area contributed by atoms with Crippen molar-refractivity contribution < 1.29 is 13.2 Å². The van der Waals surface area contributed by atoms with Crippen molar-refractivity contribution in [3.8, 4) is 0 Å². The van der Waals surface area contributed by atoms with Crippen molar-refractivity contribution in [2.24, 2.45) is 0 Å². The zero-order valence-corrected chi connectivity index (χ0v) is 13.0. The Morgan fingerprint density at radius 1 is 1.26 bits per heavy atom. The minimum absolute atomic E-state index is 0.210. The number of unbranched alkanes of at least 4 members (excludes halogenated alkanes) is 1. The van der Waals surface area contributed by atoms with Crippen molar-refractivity contribution in [2.75, 3.05) is 17.2 Å². The highest BCUT2D eigenvalue weighted by Crippen LogP contribution is 2.36. The summed E-state index contributed by atoms with van der Waals surface area (Å²) in [6.07, 6.45) is -1.23. The van der Waals surface area contributed by atoms with E-state index in [9.17, 15) is 13.2 Å². The lowest BCUT2D eigenvalue weighted by atomic mass is 10.2. The van der Waals surface area contributed by atoms with Crippen molar-refractivity contribution >= 4 is 29.1 Å². The molecule has 0 aliphatic rings. The van der Waals surface area contributed by atoms with Gasteiger partial charge in [-0.1, -0.05) is 24.9 Å². The van der Waals surface area contributed by atoms with Crippen LogP contribution in [0.5, 0.6) is 0 Å². The highest BCUT2D eigenvalue weighted by molar-refractivity contribution is 6.31. The Bertz CT molecular complexity index is 663. The minimum atomic E-state index is -4.52. The van der Waals surface area contributed by atoms with E-state index in [0.717, 1.165) is 18.9 Å². The van der Waals surface area contributed by atoms with Gasteiger partial charge in [-0.15, -0.1) is 5.10 Å². The van der Waals surface area contributed by atoms with Crippen LogP contribution in [0.2, 0.25) is 5.02 Å². The van der Waals surface area contributed by atoms with Crippen molar-refractivity contribution in [1.82, 2.24) is 15.2 Å². The fourth-order valence-electron chi connectivity index (χ4n) is 1.78. The van der Waals surface area contributed by atoms with E-state index < -0.39 is 11.7 Å². The van der Waals surface area contributed by atoms with Crippen LogP contribution in [0.15, 0.2) is 24.4 Å². The van der Waals surface area contributed by atoms with E-state index in [0.29, 0.717) is 12.5 Å². The van der Waals surface area contributed by atoms with Gasteiger partial charge in [0.15, 0.2) is 5.82 Å². The topological polar surface area (TPSA) is 62.7 Å². The molecule has 124 valence electrons. The summed E-state index contributed by atoms with van der Waals surface area (Å²) < 4.78 is 38.5. The molecule has 2 rings (SSSR count). The van der Waals surface area contributed by atoms with Crippen LogP contribution in [0.25, 0.3) is 0 Å². The number of rotatable bonds is 6. The summed E-state index contributed by atoms with van der Waals surface area (Å²) in [5.74, 6) is 0.600. The summed E-state index contributed by atoms with van der Waals surface area (Å²) in [7, 11) is 0. The van der Waals surface area contributed by atoms with Crippen molar-refractivity contribution in [3.63, 3.8) is 0 Å². The summed E-state index contributed by atoms with van der Waals surface area (Å²) in [5.41, 5.74) is -0.700. The van der Waals surface area contributed by atoms with Gasteiger partial charge in [0, 0.05) is 12.2 Å². The summed E-state index contributed by atoms with van der Waals surface area (Å²) in [5, 5.41) is 13.0. The van der Waals surface area contributed by atoms with E-state index in [1.165, 1.54) is 18.3 Å². The Balaban J connectivity index is 2.14. The van der Waals surface area contributed by atoms with Crippen LogP contribution in [0, 0.1) is 0 Å². The van der Waals surface area contributed by atoms with Gasteiger partial charge in [0.25, 0.3) is 0 Å². The Labute approximate surface area is 136 Å². The van der Waals surface area contributed by atoms with Gasteiger partial charge in [-0.2, -0.15) is 23.3 Å². The summed E-state index contributed by atoms with van der Waals surface area (Å²) in [4.78, 5) is 4.14. The lowest BCUT2D eigenvalue weighted by Gasteiger charge is -2.12. The first kappa shape index (κ1) is 17.3. The number of hydrogen-bond acceptors (Lipinski definition) is 5. The number of benzene rings is 1. The zero-order chi connectivity index (χ0) is 16.9. The van der Waals surface area contributed by atoms with Crippen LogP contribution in [0.4, 0.5) is 30.6 Å². The number of hydrogen-bond donors (Lipinski definition) is 2. The third-order valence-electron chi connectivity index (χ3n) is 2.92. The van der Waals surface area contributed by atoms with Gasteiger partial charge in [0.2, 0.25) is 5.95 Å². The first-order valence-corrected chi connectivity index (χ1v) is 7.35. The number of nitrogens with zero attached hydrogens (tertiary/aromatic N) is 3. The zero-order valence-electron chi connectivity index (χ0n) is 12.3. The summed E-state index contributed by atoms with van der Waals surface area (Å²) >= 11 is 5.58. The highest BCUT2D eigenvalue weighted by atomic mass is 35.5. The molecule has 0 fully saturated rings. The normalized spacial score (nSPS) is 11.3. The fourth-order valence-corrected chi connectivity index (χ4v) is 2.01. The second kappa shape index (κ2) is 7.45. The number of aromatic nitrogens is 3. The Morgan fingerprint density at radius 2 is 2.04 bits per heavy atom.